The first-order valence-corrected chi connectivity index (χ1v) is 8.05. The van der Waals surface area contributed by atoms with E-state index in [-0.39, 0.29) is 6.04 Å². The van der Waals surface area contributed by atoms with E-state index >= 15 is 0 Å². The van der Waals surface area contributed by atoms with Gasteiger partial charge in [-0.1, -0.05) is 63.5 Å². The highest BCUT2D eigenvalue weighted by atomic mass is 35.5. The molecular weight excluding hydrogens is 258 g/mol. The van der Waals surface area contributed by atoms with E-state index in [1.165, 1.54) is 44.9 Å². The summed E-state index contributed by atoms with van der Waals surface area (Å²) in [5.74, 6) is 0. The van der Waals surface area contributed by atoms with Gasteiger partial charge in [-0.2, -0.15) is 5.10 Å². The highest BCUT2D eigenvalue weighted by Crippen LogP contribution is 2.25. The van der Waals surface area contributed by atoms with Crippen molar-refractivity contribution in [3.05, 3.63) is 16.9 Å². The molecule has 0 saturated heterocycles. The van der Waals surface area contributed by atoms with Crippen LogP contribution in [0, 0.1) is 0 Å². The molecule has 3 nitrogen and oxygen atoms in total. The van der Waals surface area contributed by atoms with E-state index in [9.17, 15) is 0 Å². The van der Waals surface area contributed by atoms with Crippen LogP contribution >= 0.6 is 11.6 Å². The monoisotopic (exact) mass is 285 g/mol. The van der Waals surface area contributed by atoms with Crippen molar-refractivity contribution in [2.24, 2.45) is 5.73 Å². The number of unbranched alkanes of at least 4 members (excludes halogenated alkanes) is 6. The third kappa shape index (κ3) is 5.53. The molecule has 0 bridgehead atoms. The predicted molar refractivity (Wildman–Crippen MR) is 82.4 cm³/mol. The molecule has 1 heterocycles. The Balaban J connectivity index is 2.23. The van der Waals surface area contributed by atoms with Crippen LogP contribution in [0.4, 0.5) is 0 Å². The molecule has 0 saturated carbocycles. The number of aromatic nitrogens is 2. The summed E-state index contributed by atoms with van der Waals surface area (Å²) in [5, 5.41) is 4.94. The van der Waals surface area contributed by atoms with Gasteiger partial charge < -0.3 is 5.73 Å². The SMILES string of the molecule is CCCCCCCCCC(N)c1c(Cl)cnn1CC. The molecule has 0 amide bonds. The lowest BCUT2D eigenvalue weighted by atomic mass is 10.0. The minimum absolute atomic E-state index is 0.0191. The van der Waals surface area contributed by atoms with Crippen LogP contribution in [0.25, 0.3) is 0 Å². The molecule has 1 aromatic rings. The van der Waals surface area contributed by atoms with Crippen LogP contribution in [0.3, 0.4) is 0 Å². The third-order valence-corrected chi connectivity index (χ3v) is 3.89. The van der Waals surface area contributed by atoms with Crippen molar-refractivity contribution < 1.29 is 0 Å². The Morgan fingerprint density at radius 2 is 1.79 bits per heavy atom. The maximum atomic E-state index is 6.23. The molecule has 0 aromatic carbocycles. The van der Waals surface area contributed by atoms with E-state index in [1.54, 1.807) is 6.20 Å². The summed E-state index contributed by atoms with van der Waals surface area (Å²) in [4.78, 5) is 0. The standard InChI is InChI=1S/C15H28ClN3/c1-3-5-6-7-8-9-10-11-14(17)15-13(16)12-18-19(15)4-2/h12,14H,3-11,17H2,1-2H3. The second kappa shape index (κ2) is 9.38. The summed E-state index contributed by atoms with van der Waals surface area (Å²) < 4.78 is 1.91. The number of nitrogens with two attached hydrogens (primary N) is 1. The van der Waals surface area contributed by atoms with Crippen molar-refractivity contribution in [1.82, 2.24) is 9.78 Å². The first kappa shape index (κ1) is 16.5. The number of halogens is 1. The average Bonchev–Trinajstić information content (AvgIpc) is 2.78. The first-order chi connectivity index (χ1) is 9.20. The maximum Gasteiger partial charge on any atom is 0.0834 e. The third-order valence-electron chi connectivity index (χ3n) is 3.60. The number of hydrogen-bond acceptors (Lipinski definition) is 2. The Hall–Kier alpha value is -0.540. The normalized spacial score (nSPS) is 12.8. The summed E-state index contributed by atoms with van der Waals surface area (Å²) in [7, 11) is 0. The molecule has 110 valence electrons. The van der Waals surface area contributed by atoms with Gasteiger partial charge in [-0.05, 0) is 13.3 Å². The molecule has 0 fully saturated rings. The van der Waals surface area contributed by atoms with Crippen molar-refractivity contribution >= 4 is 11.6 Å². The van der Waals surface area contributed by atoms with Crippen molar-refractivity contribution in [2.75, 3.05) is 0 Å². The van der Waals surface area contributed by atoms with Gasteiger partial charge in [-0.25, -0.2) is 0 Å². The van der Waals surface area contributed by atoms with Crippen LogP contribution < -0.4 is 5.73 Å². The molecule has 0 aliphatic heterocycles. The zero-order valence-corrected chi connectivity index (χ0v) is 13.1. The van der Waals surface area contributed by atoms with Crippen LogP contribution in [0.1, 0.15) is 76.9 Å². The molecule has 19 heavy (non-hydrogen) atoms. The molecule has 1 rings (SSSR count). The number of aryl methyl sites for hydroxylation is 1. The van der Waals surface area contributed by atoms with Gasteiger partial charge in [0.15, 0.2) is 0 Å². The molecular formula is C15H28ClN3. The van der Waals surface area contributed by atoms with E-state index in [4.69, 9.17) is 17.3 Å². The zero-order chi connectivity index (χ0) is 14.1. The maximum absolute atomic E-state index is 6.23. The fourth-order valence-electron chi connectivity index (χ4n) is 2.45. The summed E-state index contributed by atoms with van der Waals surface area (Å²) in [5.41, 5.74) is 7.23. The number of hydrogen-bond donors (Lipinski definition) is 1. The topological polar surface area (TPSA) is 43.8 Å². The fourth-order valence-corrected chi connectivity index (χ4v) is 2.73. The zero-order valence-electron chi connectivity index (χ0n) is 12.4. The molecule has 1 atom stereocenters. The Kier molecular flexibility index (Phi) is 8.15. The van der Waals surface area contributed by atoms with E-state index in [2.05, 4.69) is 18.9 Å². The molecule has 0 spiro atoms. The Morgan fingerprint density at radius 3 is 2.42 bits per heavy atom. The highest BCUT2D eigenvalue weighted by molar-refractivity contribution is 6.31. The molecule has 1 aromatic heterocycles. The van der Waals surface area contributed by atoms with Gasteiger partial charge in [0.2, 0.25) is 0 Å². The summed E-state index contributed by atoms with van der Waals surface area (Å²) in [6.07, 6.45) is 11.9. The molecule has 0 aliphatic carbocycles. The Labute approximate surface area is 122 Å². The smallest absolute Gasteiger partial charge is 0.0834 e. The van der Waals surface area contributed by atoms with Crippen LogP contribution in [0.5, 0.6) is 0 Å². The van der Waals surface area contributed by atoms with E-state index in [0.29, 0.717) is 5.02 Å². The summed E-state index contributed by atoms with van der Waals surface area (Å²) >= 11 is 6.15. The lowest BCUT2D eigenvalue weighted by Gasteiger charge is -2.14. The van der Waals surface area contributed by atoms with E-state index < -0.39 is 0 Å². The lowest BCUT2D eigenvalue weighted by molar-refractivity contribution is 0.507. The van der Waals surface area contributed by atoms with Gasteiger partial charge in [0.25, 0.3) is 0 Å². The van der Waals surface area contributed by atoms with Crippen LogP contribution in [-0.2, 0) is 6.54 Å². The van der Waals surface area contributed by atoms with Crippen LogP contribution in [0.15, 0.2) is 6.20 Å². The quantitative estimate of drug-likeness (QED) is 0.633. The number of rotatable bonds is 10. The average molecular weight is 286 g/mol. The summed E-state index contributed by atoms with van der Waals surface area (Å²) in [6.45, 7) is 5.14. The van der Waals surface area contributed by atoms with Crippen LogP contribution in [-0.4, -0.2) is 9.78 Å². The molecule has 2 N–H and O–H groups in total. The first-order valence-electron chi connectivity index (χ1n) is 7.67. The summed E-state index contributed by atoms with van der Waals surface area (Å²) in [6, 6.07) is 0.0191. The van der Waals surface area contributed by atoms with Gasteiger partial charge in [0.05, 0.1) is 16.9 Å². The Morgan fingerprint density at radius 1 is 1.16 bits per heavy atom. The van der Waals surface area contributed by atoms with Gasteiger partial charge >= 0.3 is 0 Å². The molecule has 1 unspecified atom stereocenters. The Bertz CT molecular complexity index is 349. The van der Waals surface area contributed by atoms with Gasteiger partial charge in [-0.3, -0.25) is 4.68 Å². The minimum Gasteiger partial charge on any atom is -0.323 e. The van der Waals surface area contributed by atoms with Crippen molar-refractivity contribution in [3.8, 4) is 0 Å². The second-order valence-electron chi connectivity index (χ2n) is 5.21. The van der Waals surface area contributed by atoms with Crippen molar-refractivity contribution in [2.45, 2.75) is 77.8 Å². The second-order valence-corrected chi connectivity index (χ2v) is 5.62. The predicted octanol–water partition coefficient (Wildman–Crippen LogP) is 4.70. The molecule has 0 aliphatic rings. The van der Waals surface area contributed by atoms with Crippen LogP contribution in [0.2, 0.25) is 5.02 Å². The van der Waals surface area contributed by atoms with Crippen molar-refractivity contribution in [3.63, 3.8) is 0 Å². The largest absolute Gasteiger partial charge is 0.323 e. The van der Waals surface area contributed by atoms with Gasteiger partial charge in [0.1, 0.15) is 0 Å². The van der Waals surface area contributed by atoms with Gasteiger partial charge in [-0.15, -0.1) is 0 Å². The lowest BCUT2D eigenvalue weighted by Crippen LogP contribution is -2.16. The minimum atomic E-state index is 0.0191. The van der Waals surface area contributed by atoms with Crippen molar-refractivity contribution in [1.29, 1.82) is 0 Å². The molecule has 4 heteroatoms. The van der Waals surface area contributed by atoms with E-state index in [1.807, 2.05) is 4.68 Å². The van der Waals surface area contributed by atoms with Gasteiger partial charge in [0, 0.05) is 12.6 Å². The van der Waals surface area contributed by atoms with E-state index in [0.717, 1.165) is 18.7 Å². The fraction of sp³-hybridized carbons (Fsp3) is 0.800. The number of nitrogens with zero attached hydrogens (tertiary/aromatic N) is 2. The molecule has 0 radical (unpaired) electrons. The highest BCUT2D eigenvalue weighted by Gasteiger charge is 2.15.